The van der Waals surface area contributed by atoms with E-state index in [1.54, 1.807) is 0 Å². The van der Waals surface area contributed by atoms with Crippen molar-refractivity contribution in [1.82, 2.24) is 4.90 Å². The van der Waals surface area contributed by atoms with Gasteiger partial charge in [-0.3, -0.25) is 9.69 Å². The summed E-state index contributed by atoms with van der Waals surface area (Å²) >= 11 is 0. The Kier molecular flexibility index (Phi) is 1.56. The number of Topliss-reactive ketones (excluding diaryl/α,β-unsaturated/α-hetero) is 1. The Hall–Kier alpha value is -1.15. The van der Waals surface area contributed by atoms with Gasteiger partial charge in [0.2, 0.25) is 0 Å². The van der Waals surface area contributed by atoms with Gasteiger partial charge in [-0.05, 0) is 18.5 Å². The molecule has 0 radical (unpaired) electrons. The Labute approximate surface area is 83.5 Å². The summed E-state index contributed by atoms with van der Waals surface area (Å²) in [6.07, 6.45) is 1.01. The van der Waals surface area contributed by atoms with E-state index in [0.29, 0.717) is 12.3 Å². The van der Waals surface area contributed by atoms with Crippen molar-refractivity contribution < 1.29 is 4.79 Å². The summed E-state index contributed by atoms with van der Waals surface area (Å²) in [4.78, 5) is 14.2. The molecule has 72 valence electrons. The van der Waals surface area contributed by atoms with Gasteiger partial charge in [0.15, 0.2) is 5.78 Å². The second-order valence-electron chi connectivity index (χ2n) is 4.33. The van der Waals surface area contributed by atoms with Crippen LogP contribution in [0.5, 0.6) is 0 Å². The van der Waals surface area contributed by atoms with Crippen molar-refractivity contribution in [2.24, 2.45) is 0 Å². The normalized spacial score (nSPS) is 35.1. The van der Waals surface area contributed by atoms with E-state index in [-0.39, 0.29) is 5.41 Å². The number of piperidine rings is 1. The van der Waals surface area contributed by atoms with Gasteiger partial charge >= 0.3 is 0 Å². The van der Waals surface area contributed by atoms with Crippen LogP contribution < -0.4 is 0 Å². The quantitative estimate of drug-likeness (QED) is 0.658. The lowest BCUT2D eigenvalue weighted by atomic mass is 9.77. The van der Waals surface area contributed by atoms with Crippen LogP contribution in [0.15, 0.2) is 30.3 Å². The Morgan fingerprint density at radius 3 is 2.57 bits per heavy atom. The van der Waals surface area contributed by atoms with Gasteiger partial charge in [-0.2, -0.15) is 0 Å². The van der Waals surface area contributed by atoms with Crippen molar-refractivity contribution in [2.75, 3.05) is 19.6 Å². The first-order chi connectivity index (χ1) is 6.81. The van der Waals surface area contributed by atoms with Gasteiger partial charge in [0.05, 0.1) is 12.0 Å². The molecule has 2 aliphatic heterocycles. The molecule has 2 heterocycles. The van der Waals surface area contributed by atoms with Crippen molar-refractivity contribution in [3.8, 4) is 0 Å². The molecule has 14 heavy (non-hydrogen) atoms. The Bertz CT molecular complexity index is 373. The second kappa shape index (κ2) is 2.67. The Balaban J connectivity index is 2.08. The van der Waals surface area contributed by atoms with Crippen molar-refractivity contribution in [3.63, 3.8) is 0 Å². The maximum absolute atomic E-state index is 11.9. The van der Waals surface area contributed by atoms with Crippen LogP contribution in [-0.2, 0) is 10.2 Å². The average Bonchev–Trinajstić information content (AvgIpc) is 2.77. The topological polar surface area (TPSA) is 20.3 Å². The van der Waals surface area contributed by atoms with Crippen molar-refractivity contribution >= 4 is 5.78 Å². The molecule has 2 atom stereocenters. The standard InChI is InChI=1S/C12H13NO/c14-11-8-13-7-6-12(11,9-13)10-4-2-1-3-5-10/h1-5H,6-9H2. The van der Waals surface area contributed by atoms with Crippen LogP contribution in [0, 0.1) is 0 Å². The summed E-state index contributed by atoms with van der Waals surface area (Å²) in [5.74, 6) is 0.412. The molecule has 2 heteroatoms. The molecule has 0 aliphatic carbocycles. The molecule has 2 aliphatic rings. The molecule has 0 N–H and O–H groups in total. The molecule has 0 aromatic heterocycles. The minimum atomic E-state index is -0.152. The zero-order chi connectivity index (χ0) is 9.60. The van der Waals surface area contributed by atoms with E-state index in [1.807, 2.05) is 18.2 Å². The third-order valence-corrected chi connectivity index (χ3v) is 3.58. The van der Waals surface area contributed by atoms with E-state index in [1.165, 1.54) is 5.56 Å². The van der Waals surface area contributed by atoms with E-state index in [9.17, 15) is 4.79 Å². The monoisotopic (exact) mass is 187 g/mol. The first-order valence-corrected chi connectivity index (χ1v) is 5.12. The maximum atomic E-state index is 11.9. The first-order valence-electron chi connectivity index (χ1n) is 5.12. The number of carbonyl (C=O) groups is 1. The van der Waals surface area contributed by atoms with Crippen LogP contribution >= 0.6 is 0 Å². The lowest BCUT2D eigenvalue weighted by Crippen LogP contribution is -2.35. The number of rotatable bonds is 1. The van der Waals surface area contributed by atoms with Crippen molar-refractivity contribution in [3.05, 3.63) is 35.9 Å². The van der Waals surface area contributed by atoms with Crippen LogP contribution in [-0.4, -0.2) is 30.3 Å². The second-order valence-corrected chi connectivity index (χ2v) is 4.33. The first kappa shape index (κ1) is 8.18. The lowest BCUT2D eigenvalue weighted by molar-refractivity contribution is -0.122. The summed E-state index contributed by atoms with van der Waals surface area (Å²) in [7, 11) is 0. The third kappa shape index (κ3) is 0.919. The fourth-order valence-corrected chi connectivity index (χ4v) is 2.76. The van der Waals surface area contributed by atoms with Gasteiger partial charge in [0, 0.05) is 6.54 Å². The fraction of sp³-hybridized carbons (Fsp3) is 0.417. The zero-order valence-corrected chi connectivity index (χ0v) is 8.07. The molecule has 2 unspecified atom stereocenters. The molecule has 2 nitrogen and oxygen atoms in total. The summed E-state index contributed by atoms with van der Waals surface area (Å²) in [6.45, 7) is 2.69. The predicted molar refractivity (Wildman–Crippen MR) is 54.2 cm³/mol. The molecule has 1 aromatic rings. The van der Waals surface area contributed by atoms with Gasteiger partial charge in [-0.1, -0.05) is 30.3 Å². The van der Waals surface area contributed by atoms with Gasteiger partial charge in [-0.15, -0.1) is 0 Å². The van der Waals surface area contributed by atoms with Gasteiger partial charge < -0.3 is 0 Å². The smallest absolute Gasteiger partial charge is 0.158 e. The zero-order valence-electron chi connectivity index (χ0n) is 8.07. The predicted octanol–water partition coefficient (Wildman–Crippen LogP) is 1.21. The molecular formula is C12H13NO. The average molecular weight is 187 g/mol. The lowest BCUT2D eigenvalue weighted by Gasteiger charge is -2.23. The molecule has 2 fully saturated rings. The van der Waals surface area contributed by atoms with Crippen molar-refractivity contribution in [2.45, 2.75) is 11.8 Å². The van der Waals surface area contributed by atoms with E-state index in [4.69, 9.17) is 0 Å². The maximum Gasteiger partial charge on any atom is 0.158 e. The number of ketones is 1. The largest absolute Gasteiger partial charge is 0.297 e. The number of carbonyl (C=O) groups excluding carboxylic acids is 1. The number of benzene rings is 1. The molecule has 0 saturated carbocycles. The summed E-state index contributed by atoms with van der Waals surface area (Å²) in [5.41, 5.74) is 1.06. The van der Waals surface area contributed by atoms with Crippen LogP contribution in [0.4, 0.5) is 0 Å². The number of nitrogens with zero attached hydrogens (tertiary/aromatic N) is 1. The number of fused-ring (bicyclic) bond motifs is 2. The minimum Gasteiger partial charge on any atom is -0.297 e. The van der Waals surface area contributed by atoms with Crippen LogP contribution in [0.25, 0.3) is 0 Å². The molecule has 2 bridgehead atoms. The molecule has 0 spiro atoms. The summed E-state index contributed by atoms with van der Waals surface area (Å²) in [6, 6.07) is 10.2. The van der Waals surface area contributed by atoms with Crippen LogP contribution in [0.2, 0.25) is 0 Å². The van der Waals surface area contributed by atoms with E-state index >= 15 is 0 Å². The fourth-order valence-electron chi connectivity index (χ4n) is 2.76. The minimum absolute atomic E-state index is 0.152. The molecular weight excluding hydrogens is 174 g/mol. The molecule has 0 amide bonds. The summed E-state index contributed by atoms with van der Waals surface area (Å²) in [5, 5.41) is 0. The highest BCUT2D eigenvalue weighted by molar-refractivity contribution is 5.95. The Morgan fingerprint density at radius 2 is 2.00 bits per heavy atom. The van der Waals surface area contributed by atoms with Crippen molar-refractivity contribution in [1.29, 1.82) is 0 Å². The third-order valence-electron chi connectivity index (χ3n) is 3.58. The van der Waals surface area contributed by atoms with Gasteiger partial charge in [-0.25, -0.2) is 0 Å². The van der Waals surface area contributed by atoms with E-state index in [2.05, 4.69) is 17.0 Å². The van der Waals surface area contributed by atoms with E-state index in [0.717, 1.165) is 19.5 Å². The van der Waals surface area contributed by atoms with Gasteiger partial charge in [0.1, 0.15) is 0 Å². The van der Waals surface area contributed by atoms with Crippen LogP contribution in [0.1, 0.15) is 12.0 Å². The summed E-state index contributed by atoms with van der Waals surface area (Å²) < 4.78 is 0. The highest BCUT2D eigenvalue weighted by Gasteiger charge is 2.51. The number of hydrogen-bond donors (Lipinski definition) is 0. The highest BCUT2D eigenvalue weighted by Crippen LogP contribution is 2.40. The van der Waals surface area contributed by atoms with Gasteiger partial charge in [0.25, 0.3) is 0 Å². The van der Waals surface area contributed by atoms with E-state index < -0.39 is 0 Å². The Morgan fingerprint density at radius 1 is 1.21 bits per heavy atom. The molecule has 1 aromatic carbocycles. The SMILES string of the molecule is O=C1CN2CCC1(c1ccccc1)C2. The number of hydrogen-bond acceptors (Lipinski definition) is 2. The molecule has 3 rings (SSSR count). The molecule has 2 saturated heterocycles. The highest BCUT2D eigenvalue weighted by atomic mass is 16.1. The van der Waals surface area contributed by atoms with Crippen LogP contribution in [0.3, 0.4) is 0 Å².